The molecule has 0 aromatic rings. The molecule has 0 spiro atoms. The fourth-order valence-corrected chi connectivity index (χ4v) is 5.42. The molecule has 0 aliphatic carbocycles. The zero-order chi connectivity index (χ0) is 29.4. The minimum atomic E-state index is -0.915. The largest absolute Gasteiger partial charge is 0.481 e. The molecule has 0 amide bonds. The first kappa shape index (κ1) is 38.7. The lowest BCUT2D eigenvalue weighted by atomic mass is 9.97. The Labute approximate surface area is 249 Å². The van der Waals surface area contributed by atoms with Gasteiger partial charge in [0.05, 0.1) is 18.9 Å². The van der Waals surface area contributed by atoms with E-state index in [1.807, 2.05) is 6.92 Å². The molecule has 0 rings (SSSR count). The summed E-state index contributed by atoms with van der Waals surface area (Å²) in [5, 5.41) is 9.05. The molecule has 236 valence electrons. The maximum Gasteiger partial charge on any atom is 0.309 e. The zero-order valence-electron chi connectivity index (χ0n) is 26.9. The van der Waals surface area contributed by atoms with Gasteiger partial charge in [0.1, 0.15) is 0 Å². The molecular formula is C36H68O4. The summed E-state index contributed by atoms with van der Waals surface area (Å²) in [7, 11) is 0. The van der Waals surface area contributed by atoms with Crippen LogP contribution in [-0.2, 0) is 14.3 Å². The molecule has 0 aromatic heterocycles. The number of carbonyl (C=O) groups is 2. The van der Waals surface area contributed by atoms with Crippen molar-refractivity contribution in [3.8, 4) is 0 Å². The second-order valence-electron chi connectivity index (χ2n) is 12.1. The highest BCUT2D eigenvalue weighted by atomic mass is 16.5. The van der Waals surface area contributed by atoms with E-state index >= 15 is 0 Å². The summed E-state index contributed by atoms with van der Waals surface area (Å²) in [5.41, 5.74) is 0. The second kappa shape index (κ2) is 32.2. The van der Waals surface area contributed by atoms with Crippen molar-refractivity contribution >= 4 is 11.9 Å². The van der Waals surface area contributed by atoms with E-state index in [1.165, 1.54) is 148 Å². The van der Waals surface area contributed by atoms with E-state index in [-0.39, 0.29) is 12.4 Å². The number of ether oxygens (including phenoxy) is 1. The summed E-state index contributed by atoms with van der Waals surface area (Å²) < 4.78 is 5.16. The van der Waals surface area contributed by atoms with Gasteiger partial charge in [-0.25, -0.2) is 0 Å². The van der Waals surface area contributed by atoms with Crippen LogP contribution >= 0.6 is 0 Å². The van der Waals surface area contributed by atoms with E-state index in [0.29, 0.717) is 13.0 Å². The minimum absolute atomic E-state index is 0.111. The molecule has 1 unspecified atom stereocenters. The van der Waals surface area contributed by atoms with Gasteiger partial charge in [0.15, 0.2) is 0 Å². The van der Waals surface area contributed by atoms with Gasteiger partial charge in [-0.3, -0.25) is 9.59 Å². The average Bonchev–Trinajstić information content (AvgIpc) is 2.94. The van der Waals surface area contributed by atoms with E-state index in [4.69, 9.17) is 9.84 Å². The predicted octanol–water partition coefficient (Wildman–Crippen LogP) is 11.7. The fourth-order valence-electron chi connectivity index (χ4n) is 5.42. The molecule has 0 saturated heterocycles. The van der Waals surface area contributed by atoms with Gasteiger partial charge in [0, 0.05) is 0 Å². The SMILES string of the molecule is CCCCCCCCC/C=C/CCCCCCCCCCCCCCCCCCC(CC(=O)O)C(=O)OCCC. The van der Waals surface area contributed by atoms with Crippen LogP contribution in [0.5, 0.6) is 0 Å². The third-order valence-corrected chi connectivity index (χ3v) is 8.02. The van der Waals surface area contributed by atoms with Crippen LogP contribution in [0.4, 0.5) is 0 Å². The lowest BCUT2D eigenvalue weighted by molar-refractivity contribution is -0.153. The smallest absolute Gasteiger partial charge is 0.309 e. The molecule has 1 atom stereocenters. The first-order valence-corrected chi connectivity index (χ1v) is 17.6. The van der Waals surface area contributed by atoms with E-state index in [9.17, 15) is 9.59 Å². The van der Waals surface area contributed by atoms with Crippen molar-refractivity contribution in [2.75, 3.05) is 6.61 Å². The molecule has 4 heteroatoms. The summed E-state index contributed by atoms with van der Waals surface area (Å²) in [6.07, 6.45) is 39.5. The summed E-state index contributed by atoms with van der Waals surface area (Å²) in [6, 6.07) is 0. The maximum absolute atomic E-state index is 12.0. The second-order valence-corrected chi connectivity index (χ2v) is 12.1. The molecular weight excluding hydrogens is 496 g/mol. The molecule has 0 heterocycles. The highest BCUT2D eigenvalue weighted by molar-refractivity contribution is 5.79. The van der Waals surface area contributed by atoms with Gasteiger partial charge >= 0.3 is 11.9 Å². The van der Waals surface area contributed by atoms with Crippen LogP contribution in [0.3, 0.4) is 0 Å². The van der Waals surface area contributed by atoms with Crippen LogP contribution in [0.25, 0.3) is 0 Å². The van der Waals surface area contributed by atoms with Crippen LogP contribution in [0.1, 0.15) is 194 Å². The molecule has 1 N–H and O–H groups in total. The van der Waals surface area contributed by atoms with Gasteiger partial charge < -0.3 is 9.84 Å². The summed E-state index contributed by atoms with van der Waals surface area (Å²) in [4.78, 5) is 23.1. The third kappa shape index (κ3) is 29.7. The maximum atomic E-state index is 12.0. The number of carboxylic acids is 1. The van der Waals surface area contributed by atoms with Gasteiger partial charge in [-0.05, 0) is 38.5 Å². The van der Waals surface area contributed by atoms with Crippen molar-refractivity contribution in [3.05, 3.63) is 12.2 Å². The number of hydrogen-bond donors (Lipinski definition) is 1. The molecule has 40 heavy (non-hydrogen) atoms. The quantitative estimate of drug-likeness (QED) is 0.0501. The topological polar surface area (TPSA) is 63.6 Å². The highest BCUT2D eigenvalue weighted by Gasteiger charge is 2.22. The van der Waals surface area contributed by atoms with Crippen molar-refractivity contribution < 1.29 is 19.4 Å². The summed E-state index contributed by atoms with van der Waals surface area (Å²) >= 11 is 0. The van der Waals surface area contributed by atoms with Crippen LogP contribution in [0.2, 0.25) is 0 Å². The monoisotopic (exact) mass is 565 g/mol. The van der Waals surface area contributed by atoms with Gasteiger partial charge in [-0.2, -0.15) is 0 Å². The molecule has 0 radical (unpaired) electrons. The number of rotatable bonds is 32. The first-order valence-electron chi connectivity index (χ1n) is 17.6. The lowest BCUT2D eigenvalue weighted by Crippen LogP contribution is -2.21. The van der Waals surface area contributed by atoms with Crippen molar-refractivity contribution in [3.63, 3.8) is 0 Å². The van der Waals surface area contributed by atoms with Gasteiger partial charge in [0.25, 0.3) is 0 Å². The Bertz CT molecular complexity index is 571. The normalized spacial score (nSPS) is 12.2. The van der Waals surface area contributed by atoms with E-state index in [1.54, 1.807) is 0 Å². The predicted molar refractivity (Wildman–Crippen MR) is 172 cm³/mol. The van der Waals surface area contributed by atoms with Gasteiger partial charge in [0.2, 0.25) is 0 Å². The Kier molecular flexibility index (Phi) is 31.1. The average molecular weight is 565 g/mol. The van der Waals surface area contributed by atoms with Crippen LogP contribution in [0, 0.1) is 5.92 Å². The summed E-state index contributed by atoms with van der Waals surface area (Å²) in [6.45, 7) is 4.61. The Morgan fingerprint density at radius 2 is 0.925 bits per heavy atom. The standard InChI is InChI=1S/C36H68O4/c1-3-5-6-7-8-9-10-11-12-13-14-15-16-17-18-19-20-21-22-23-24-25-26-27-28-29-30-31-34(33-35(37)38)36(39)40-32-4-2/h12-13,34H,3-11,14-33H2,1-2H3,(H,37,38)/b13-12+. The highest BCUT2D eigenvalue weighted by Crippen LogP contribution is 2.18. The van der Waals surface area contributed by atoms with E-state index in [0.717, 1.165) is 19.3 Å². The number of hydrogen-bond acceptors (Lipinski definition) is 3. The Morgan fingerprint density at radius 1 is 0.550 bits per heavy atom. The number of carbonyl (C=O) groups excluding carboxylic acids is 1. The van der Waals surface area contributed by atoms with Crippen LogP contribution in [0.15, 0.2) is 12.2 Å². The number of esters is 1. The van der Waals surface area contributed by atoms with Crippen molar-refractivity contribution in [1.29, 1.82) is 0 Å². The lowest BCUT2D eigenvalue weighted by Gasteiger charge is -2.13. The molecule has 0 aliphatic rings. The number of carboxylic acid groups (broad SMARTS) is 1. The molecule has 0 aliphatic heterocycles. The van der Waals surface area contributed by atoms with Crippen LogP contribution < -0.4 is 0 Å². The van der Waals surface area contributed by atoms with Crippen molar-refractivity contribution in [2.24, 2.45) is 5.92 Å². The Hall–Kier alpha value is -1.32. The third-order valence-electron chi connectivity index (χ3n) is 8.02. The fraction of sp³-hybridized carbons (Fsp3) is 0.889. The Balaban J connectivity index is 3.33. The number of allylic oxidation sites excluding steroid dienone is 2. The first-order chi connectivity index (χ1) is 19.6. The molecule has 0 aromatic carbocycles. The van der Waals surface area contributed by atoms with Gasteiger partial charge in [-0.15, -0.1) is 0 Å². The summed E-state index contributed by atoms with van der Waals surface area (Å²) in [5.74, 6) is -1.74. The molecule has 0 bridgehead atoms. The molecule has 0 fully saturated rings. The van der Waals surface area contributed by atoms with Crippen molar-refractivity contribution in [1.82, 2.24) is 0 Å². The molecule has 0 saturated carbocycles. The minimum Gasteiger partial charge on any atom is -0.481 e. The Morgan fingerprint density at radius 3 is 1.30 bits per heavy atom. The number of aliphatic carboxylic acids is 1. The van der Waals surface area contributed by atoms with Crippen LogP contribution in [-0.4, -0.2) is 23.7 Å². The van der Waals surface area contributed by atoms with Gasteiger partial charge in [-0.1, -0.05) is 161 Å². The van der Waals surface area contributed by atoms with E-state index in [2.05, 4.69) is 19.1 Å². The van der Waals surface area contributed by atoms with E-state index < -0.39 is 11.9 Å². The zero-order valence-corrected chi connectivity index (χ0v) is 26.9. The molecule has 4 nitrogen and oxygen atoms in total. The number of unbranched alkanes of at least 4 members (excludes halogenated alkanes) is 23. The van der Waals surface area contributed by atoms with Crippen molar-refractivity contribution in [2.45, 2.75) is 194 Å².